The van der Waals surface area contributed by atoms with Crippen molar-refractivity contribution in [3.8, 4) is 0 Å². The molecule has 0 fully saturated rings. The normalized spacial score (nSPS) is 12.5. The highest BCUT2D eigenvalue weighted by Gasteiger charge is 2.16. The molecule has 0 bridgehead atoms. The lowest BCUT2D eigenvalue weighted by atomic mass is 9.98. The van der Waals surface area contributed by atoms with Crippen LogP contribution in [0.15, 0.2) is 60.8 Å². The Bertz CT molecular complexity index is 714. The Morgan fingerprint density at radius 2 is 1.75 bits per heavy atom. The maximum Gasteiger partial charge on any atom is 0.0887 e. The molecule has 0 aliphatic carbocycles. The number of nitrogens with zero attached hydrogens (tertiary/aromatic N) is 1. The summed E-state index contributed by atoms with van der Waals surface area (Å²) in [6.07, 6.45) is 1.83. The average molecular weight is 263 g/mol. The van der Waals surface area contributed by atoms with Crippen LogP contribution in [0.5, 0.6) is 0 Å². The largest absolute Gasteiger partial charge is 0.271 e. The highest BCUT2D eigenvalue weighted by atomic mass is 15.2. The topological polar surface area (TPSA) is 50.9 Å². The van der Waals surface area contributed by atoms with Gasteiger partial charge in [0.25, 0.3) is 0 Å². The van der Waals surface area contributed by atoms with Gasteiger partial charge in [-0.15, -0.1) is 0 Å². The van der Waals surface area contributed by atoms with E-state index < -0.39 is 0 Å². The minimum atomic E-state index is -0.110. The molecule has 0 saturated carbocycles. The van der Waals surface area contributed by atoms with Crippen LogP contribution in [0.2, 0.25) is 0 Å². The van der Waals surface area contributed by atoms with Crippen LogP contribution in [0.25, 0.3) is 10.8 Å². The lowest BCUT2D eigenvalue weighted by Crippen LogP contribution is -2.29. The third kappa shape index (κ3) is 2.29. The van der Waals surface area contributed by atoms with E-state index in [0.29, 0.717) is 0 Å². The first-order chi connectivity index (χ1) is 9.79. The van der Waals surface area contributed by atoms with E-state index in [1.54, 1.807) is 0 Å². The van der Waals surface area contributed by atoms with Crippen LogP contribution in [0.4, 0.5) is 0 Å². The molecular formula is C17H17N3. The molecule has 1 atom stereocenters. The fourth-order valence-electron chi connectivity index (χ4n) is 2.46. The summed E-state index contributed by atoms with van der Waals surface area (Å²) in [5.41, 5.74) is 6.18. The van der Waals surface area contributed by atoms with Gasteiger partial charge in [0.15, 0.2) is 0 Å². The van der Waals surface area contributed by atoms with Crippen LogP contribution < -0.4 is 11.3 Å². The van der Waals surface area contributed by atoms with E-state index in [0.717, 1.165) is 16.6 Å². The minimum absolute atomic E-state index is 0.110. The monoisotopic (exact) mass is 263 g/mol. The van der Waals surface area contributed by atoms with Crippen molar-refractivity contribution in [2.75, 3.05) is 0 Å². The Labute approximate surface area is 118 Å². The number of pyridine rings is 1. The summed E-state index contributed by atoms with van der Waals surface area (Å²) in [6, 6.07) is 18.5. The average Bonchev–Trinajstić information content (AvgIpc) is 2.50. The van der Waals surface area contributed by atoms with Crippen molar-refractivity contribution in [2.45, 2.75) is 13.0 Å². The van der Waals surface area contributed by atoms with Crippen LogP contribution in [0.3, 0.4) is 0 Å². The van der Waals surface area contributed by atoms with Gasteiger partial charge in [-0.1, -0.05) is 54.1 Å². The second-order valence-electron chi connectivity index (χ2n) is 4.93. The second-order valence-corrected chi connectivity index (χ2v) is 4.93. The fraction of sp³-hybridized carbons (Fsp3) is 0.118. The number of aryl methyl sites for hydroxylation is 1. The fourth-order valence-corrected chi connectivity index (χ4v) is 2.46. The predicted molar refractivity (Wildman–Crippen MR) is 82.1 cm³/mol. The molecule has 3 aromatic rings. The summed E-state index contributed by atoms with van der Waals surface area (Å²) in [5.74, 6) is 5.78. The molecule has 3 N–H and O–H groups in total. The molecule has 0 aliphatic rings. The summed E-state index contributed by atoms with van der Waals surface area (Å²) in [4.78, 5) is 4.53. The van der Waals surface area contributed by atoms with Gasteiger partial charge in [0.1, 0.15) is 0 Å². The van der Waals surface area contributed by atoms with Crippen LogP contribution in [-0.4, -0.2) is 4.98 Å². The number of hydrogen-bond acceptors (Lipinski definition) is 3. The van der Waals surface area contributed by atoms with Gasteiger partial charge in [0.05, 0.1) is 11.7 Å². The molecule has 3 nitrogen and oxygen atoms in total. The number of nitrogens with two attached hydrogens (primary N) is 1. The number of hydrogen-bond donors (Lipinski definition) is 2. The van der Waals surface area contributed by atoms with E-state index in [2.05, 4.69) is 53.7 Å². The van der Waals surface area contributed by atoms with E-state index in [1.165, 1.54) is 10.9 Å². The molecule has 3 heteroatoms. The molecule has 100 valence electrons. The van der Waals surface area contributed by atoms with Gasteiger partial charge in [0, 0.05) is 11.6 Å². The van der Waals surface area contributed by atoms with Gasteiger partial charge in [-0.05, 0) is 23.9 Å². The van der Waals surface area contributed by atoms with Crippen LogP contribution >= 0.6 is 0 Å². The van der Waals surface area contributed by atoms with Crippen LogP contribution in [-0.2, 0) is 0 Å². The standard InChI is InChI=1S/C17H17N3/c1-12-6-8-14(9-7-12)16(20-18)17-15-5-3-2-4-13(15)10-11-19-17/h2-11,16,20H,18H2,1H3. The first kappa shape index (κ1) is 12.8. The summed E-state index contributed by atoms with van der Waals surface area (Å²) in [6.45, 7) is 2.07. The number of aromatic nitrogens is 1. The van der Waals surface area contributed by atoms with Gasteiger partial charge in [-0.2, -0.15) is 0 Å². The van der Waals surface area contributed by atoms with Gasteiger partial charge in [-0.3, -0.25) is 10.8 Å². The summed E-state index contributed by atoms with van der Waals surface area (Å²) in [7, 11) is 0. The van der Waals surface area contributed by atoms with E-state index in [9.17, 15) is 0 Å². The Morgan fingerprint density at radius 1 is 1.00 bits per heavy atom. The van der Waals surface area contributed by atoms with Crippen molar-refractivity contribution in [1.82, 2.24) is 10.4 Å². The number of benzene rings is 2. The quantitative estimate of drug-likeness (QED) is 0.564. The van der Waals surface area contributed by atoms with E-state index >= 15 is 0 Å². The number of nitrogens with one attached hydrogen (secondary N) is 1. The Hall–Kier alpha value is -2.23. The first-order valence-corrected chi connectivity index (χ1v) is 6.66. The number of hydrazine groups is 1. The van der Waals surface area contributed by atoms with Gasteiger partial charge in [0.2, 0.25) is 0 Å². The number of rotatable bonds is 3. The first-order valence-electron chi connectivity index (χ1n) is 6.66. The maximum absolute atomic E-state index is 5.78. The highest BCUT2D eigenvalue weighted by molar-refractivity contribution is 5.85. The number of fused-ring (bicyclic) bond motifs is 1. The molecule has 1 heterocycles. The zero-order valence-corrected chi connectivity index (χ0v) is 11.4. The summed E-state index contributed by atoms with van der Waals surface area (Å²) in [5, 5.41) is 2.29. The third-order valence-electron chi connectivity index (χ3n) is 3.56. The lowest BCUT2D eigenvalue weighted by molar-refractivity contribution is 0.625. The van der Waals surface area contributed by atoms with Crippen molar-refractivity contribution in [1.29, 1.82) is 0 Å². The van der Waals surface area contributed by atoms with Crippen LogP contribution in [0, 0.1) is 6.92 Å². The minimum Gasteiger partial charge on any atom is -0.271 e. The van der Waals surface area contributed by atoms with Crippen molar-refractivity contribution < 1.29 is 0 Å². The van der Waals surface area contributed by atoms with Gasteiger partial charge >= 0.3 is 0 Å². The van der Waals surface area contributed by atoms with Crippen molar-refractivity contribution in [2.24, 2.45) is 5.84 Å². The molecule has 3 rings (SSSR count). The lowest BCUT2D eigenvalue weighted by Gasteiger charge is -2.18. The molecule has 1 aromatic heterocycles. The van der Waals surface area contributed by atoms with Crippen molar-refractivity contribution >= 4 is 10.8 Å². The smallest absolute Gasteiger partial charge is 0.0887 e. The zero-order chi connectivity index (χ0) is 13.9. The molecule has 0 amide bonds. The molecule has 0 saturated heterocycles. The highest BCUT2D eigenvalue weighted by Crippen LogP contribution is 2.26. The predicted octanol–water partition coefficient (Wildman–Crippen LogP) is 3.10. The Morgan fingerprint density at radius 3 is 2.50 bits per heavy atom. The molecule has 0 radical (unpaired) electrons. The molecule has 1 unspecified atom stereocenters. The van der Waals surface area contributed by atoms with Gasteiger partial charge < -0.3 is 0 Å². The molecular weight excluding hydrogens is 246 g/mol. The van der Waals surface area contributed by atoms with Crippen LogP contribution in [0.1, 0.15) is 22.9 Å². The van der Waals surface area contributed by atoms with Crippen molar-refractivity contribution in [3.63, 3.8) is 0 Å². The van der Waals surface area contributed by atoms with E-state index in [-0.39, 0.29) is 6.04 Å². The molecule has 2 aromatic carbocycles. The SMILES string of the molecule is Cc1ccc(C(NN)c2nccc3ccccc23)cc1. The van der Waals surface area contributed by atoms with Crippen molar-refractivity contribution in [3.05, 3.63) is 77.6 Å². The Kier molecular flexibility index (Phi) is 3.46. The van der Waals surface area contributed by atoms with E-state index in [4.69, 9.17) is 5.84 Å². The maximum atomic E-state index is 5.78. The summed E-state index contributed by atoms with van der Waals surface area (Å²) < 4.78 is 0. The Balaban J connectivity index is 2.14. The summed E-state index contributed by atoms with van der Waals surface area (Å²) >= 11 is 0. The van der Waals surface area contributed by atoms with Gasteiger partial charge in [-0.25, -0.2) is 5.43 Å². The molecule has 20 heavy (non-hydrogen) atoms. The molecule has 0 spiro atoms. The molecule has 0 aliphatic heterocycles. The van der Waals surface area contributed by atoms with E-state index in [1.807, 2.05) is 24.4 Å². The second kappa shape index (κ2) is 5.41. The third-order valence-corrected chi connectivity index (χ3v) is 3.56. The zero-order valence-electron chi connectivity index (χ0n) is 11.4.